The average molecular weight is 383 g/mol. The van der Waals surface area contributed by atoms with Crippen molar-refractivity contribution < 1.29 is 14.3 Å². The van der Waals surface area contributed by atoms with Crippen molar-refractivity contribution in [2.45, 2.75) is 44.8 Å². The molecule has 0 radical (unpaired) electrons. The number of rotatable bonds is 7. The molecule has 0 unspecified atom stereocenters. The lowest BCUT2D eigenvalue weighted by Gasteiger charge is -2.27. The second-order valence-corrected chi connectivity index (χ2v) is 7.83. The molecule has 150 valence electrons. The third-order valence-electron chi connectivity index (χ3n) is 5.74. The minimum absolute atomic E-state index is 0.0397. The largest absolute Gasteiger partial charge is 0.483 e. The number of hydrogen-bond donors (Lipinski definition) is 1. The van der Waals surface area contributed by atoms with Crippen molar-refractivity contribution >= 4 is 16.7 Å². The first-order valence-electron chi connectivity index (χ1n) is 10.5. The van der Waals surface area contributed by atoms with Crippen LogP contribution in [0, 0.1) is 0 Å². The number of carbonyl (C=O) groups excluding carboxylic acids is 1. The van der Waals surface area contributed by atoms with E-state index < -0.39 is 0 Å². The molecule has 5 heteroatoms. The van der Waals surface area contributed by atoms with Crippen LogP contribution in [0.4, 0.5) is 0 Å². The van der Waals surface area contributed by atoms with Gasteiger partial charge in [0.1, 0.15) is 5.75 Å². The molecule has 2 aliphatic rings. The van der Waals surface area contributed by atoms with E-state index >= 15 is 0 Å². The van der Waals surface area contributed by atoms with Crippen LogP contribution in [0.5, 0.6) is 5.75 Å². The zero-order valence-corrected chi connectivity index (χ0v) is 16.5. The third kappa shape index (κ3) is 4.83. The summed E-state index contributed by atoms with van der Waals surface area (Å²) in [6, 6.07) is 12.5. The van der Waals surface area contributed by atoms with E-state index in [1.165, 1.54) is 35.6 Å². The highest BCUT2D eigenvalue weighted by molar-refractivity contribution is 5.88. The summed E-state index contributed by atoms with van der Waals surface area (Å²) < 4.78 is 11.5. The molecule has 0 bridgehead atoms. The van der Waals surface area contributed by atoms with Crippen molar-refractivity contribution in [1.29, 1.82) is 0 Å². The molecule has 1 amide bonds. The fourth-order valence-electron chi connectivity index (χ4n) is 4.18. The van der Waals surface area contributed by atoms with Crippen LogP contribution < -0.4 is 10.1 Å². The smallest absolute Gasteiger partial charge is 0.258 e. The fraction of sp³-hybridized carbons (Fsp3) is 0.522. The van der Waals surface area contributed by atoms with Gasteiger partial charge in [-0.1, -0.05) is 36.8 Å². The maximum absolute atomic E-state index is 12.2. The number of nitrogens with one attached hydrogen (secondary N) is 1. The number of nitrogens with zero attached hydrogens (tertiary/aromatic N) is 1. The lowest BCUT2D eigenvalue weighted by Crippen LogP contribution is -2.35. The van der Waals surface area contributed by atoms with E-state index in [-0.39, 0.29) is 18.6 Å². The number of amides is 1. The molecule has 5 nitrogen and oxygen atoms in total. The van der Waals surface area contributed by atoms with Crippen molar-refractivity contribution in [3.8, 4) is 5.75 Å². The number of ether oxygens (including phenoxy) is 2. The van der Waals surface area contributed by atoms with Crippen molar-refractivity contribution in [1.82, 2.24) is 10.2 Å². The molecule has 0 aromatic heterocycles. The van der Waals surface area contributed by atoms with Gasteiger partial charge in [-0.15, -0.1) is 0 Å². The molecule has 2 aromatic carbocycles. The number of benzene rings is 2. The molecule has 2 aliphatic heterocycles. The lowest BCUT2D eigenvalue weighted by molar-refractivity contribution is -0.123. The van der Waals surface area contributed by atoms with Gasteiger partial charge in [-0.25, -0.2) is 0 Å². The monoisotopic (exact) mass is 382 g/mol. The Labute approximate surface area is 167 Å². The van der Waals surface area contributed by atoms with E-state index in [2.05, 4.69) is 40.5 Å². The topological polar surface area (TPSA) is 50.8 Å². The van der Waals surface area contributed by atoms with Gasteiger partial charge in [0.15, 0.2) is 6.61 Å². The van der Waals surface area contributed by atoms with Crippen LogP contribution in [0.15, 0.2) is 36.4 Å². The van der Waals surface area contributed by atoms with E-state index in [0.29, 0.717) is 6.54 Å². The van der Waals surface area contributed by atoms with E-state index in [9.17, 15) is 4.79 Å². The Morgan fingerprint density at radius 2 is 1.96 bits per heavy atom. The Morgan fingerprint density at radius 3 is 2.79 bits per heavy atom. The molecular weight excluding hydrogens is 352 g/mol. The van der Waals surface area contributed by atoms with Crippen molar-refractivity contribution in [2.75, 3.05) is 32.8 Å². The zero-order valence-electron chi connectivity index (χ0n) is 16.5. The summed E-state index contributed by atoms with van der Waals surface area (Å²) in [6.45, 7) is 4.54. The molecule has 0 saturated carbocycles. The summed E-state index contributed by atoms with van der Waals surface area (Å²) in [5, 5.41) is 5.36. The lowest BCUT2D eigenvalue weighted by atomic mass is 10.0. The Balaban J connectivity index is 1.44. The zero-order chi connectivity index (χ0) is 19.2. The number of fused-ring (bicyclic) bond motifs is 1. The highest BCUT2D eigenvalue weighted by Gasteiger charge is 2.18. The molecule has 2 aromatic rings. The summed E-state index contributed by atoms with van der Waals surface area (Å²) in [4.78, 5) is 14.7. The van der Waals surface area contributed by atoms with E-state index in [1.807, 2.05) is 6.07 Å². The molecule has 1 N–H and O–H groups in total. The van der Waals surface area contributed by atoms with E-state index in [0.717, 1.165) is 44.8 Å². The maximum atomic E-state index is 12.2. The molecule has 0 aliphatic carbocycles. The van der Waals surface area contributed by atoms with E-state index in [1.54, 1.807) is 0 Å². The molecule has 2 fully saturated rings. The van der Waals surface area contributed by atoms with Crippen LogP contribution >= 0.6 is 0 Å². The minimum atomic E-state index is -0.0902. The first kappa shape index (κ1) is 19.2. The fourth-order valence-corrected chi connectivity index (χ4v) is 4.18. The number of piperidine rings is 1. The van der Waals surface area contributed by atoms with Crippen LogP contribution in [0.2, 0.25) is 0 Å². The predicted octanol–water partition coefficient (Wildman–Crippen LogP) is 3.50. The van der Waals surface area contributed by atoms with Crippen LogP contribution in [-0.4, -0.2) is 49.8 Å². The average Bonchev–Trinajstić information content (AvgIpc) is 3.26. The highest BCUT2D eigenvalue weighted by atomic mass is 16.5. The predicted molar refractivity (Wildman–Crippen MR) is 111 cm³/mol. The summed E-state index contributed by atoms with van der Waals surface area (Å²) in [5.41, 5.74) is 1.19. The second kappa shape index (κ2) is 9.39. The quantitative estimate of drug-likeness (QED) is 0.796. The molecule has 0 spiro atoms. The molecule has 2 heterocycles. The molecule has 2 saturated heterocycles. The number of likely N-dealkylation sites (tertiary alicyclic amines) is 1. The summed E-state index contributed by atoms with van der Waals surface area (Å²) in [7, 11) is 0. The highest BCUT2D eigenvalue weighted by Crippen LogP contribution is 2.30. The Morgan fingerprint density at radius 1 is 1.11 bits per heavy atom. The number of hydrogen-bond acceptors (Lipinski definition) is 4. The van der Waals surface area contributed by atoms with Gasteiger partial charge < -0.3 is 14.8 Å². The van der Waals surface area contributed by atoms with Gasteiger partial charge in [0.05, 0.1) is 6.10 Å². The maximum Gasteiger partial charge on any atom is 0.258 e. The molecule has 1 atom stereocenters. The third-order valence-corrected chi connectivity index (χ3v) is 5.74. The SMILES string of the molecule is O=C(COc1ccc2ccccc2c1CN1CCCCC1)NC[C@@H]1CCCO1. The minimum Gasteiger partial charge on any atom is -0.483 e. The first-order valence-corrected chi connectivity index (χ1v) is 10.5. The second-order valence-electron chi connectivity index (χ2n) is 7.83. The summed E-state index contributed by atoms with van der Waals surface area (Å²) in [6.07, 6.45) is 6.08. The van der Waals surface area contributed by atoms with Crippen LogP contribution in [0.25, 0.3) is 10.8 Å². The van der Waals surface area contributed by atoms with Crippen molar-refractivity contribution in [2.24, 2.45) is 0 Å². The Hall–Kier alpha value is -2.11. The standard InChI is InChI=1S/C23H30N2O3/c26-23(24-15-19-8-6-14-27-19)17-28-22-11-10-18-7-2-3-9-20(18)21(22)16-25-12-4-1-5-13-25/h2-3,7,9-11,19H,1,4-6,8,12-17H2,(H,24,26)/t19-/m0/s1. The summed E-state index contributed by atoms with van der Waals surface area (Å²) >= 11 is 0. The first-order chi connectivity index (χ1) is 13.8. The van der Waals surface area contributed by atoms with Crippen molar-refractivity contribution in [3.63, 3.8) is 0 Å². The van der Waals surface area contributed by atoms with Gasteiger partial charge >= 0.3 is 0 Å². The van der Waals surface area contributed by atoms with Gasteiger partial charge in [-0.2, -0.15) is 0 Å². The van der Waals surface area contributed by atoms with Gasteiger partial charge in [0, 0.05) is 25.3 Å². The molecular formula is C23H30N2O3. The van der Waals surface area contributed by atoms with Gasteiger partial charge in [0.25, 0.3) is 5.91 Å². The summed E-state index contributed by atoms with van der Waals surface area (Å²) in [5.74, 6) is 0.726. The van der Waals surface area contributed by atoms with Crippen LogP contribution in [0.1, 0.15) is 37.7 Å². The Kier molecular flexibility index (Phi) is 6.45. The Bertz CT molecular complexity index is 796. The molecule has 4 rings (SSSR count). The van der Waals surface area contributed by atoms with Crippen LogP contribution in [-0.2, 0) is 16.1 Å². The van der Waals surface area contributed by atoms with E-state index in [4.69, 9.17) is 9.47 Å². The van der Waals surface area contributed by atoms with Gasteiger partial charge in [-0.3, -0.25) is 9.69 Å². The van der Waals surface area contributed by atoms with Gasteiger partial charge in [0.2, 0.25) is 0 Å². The normalized spacial score (nSPS) is 20.4. The van der Waals surface area contributed by atoms with Crippen LogP contribution in [0.3, 0.4) is 0 Å². The van der Waals surface area contributed by atoms with Crippen molar-refractivity contribution in [3.05, 3.63) is 42.0 Å². The molecule has 28 heavy (non-hydrogen) atoms. The van der Waals surface area contributed by atoms with Gasteiger partial charge in [-0.05, 0) is 55.6 Å². The number of carbonyl (C=O) groups is 1.